The lowest BCUT2D eigenvalue weighted by Crippen LogP contribution is -2.36. The number of hydrogen-bond donors (Lipinski definition) is 1. The van der Waals surface area contributed by atoms with Gasteiger partial charge in [0, 0.05) is 49.3 Å². The van der Waals surface area contributed by atoms with Gasteiger partial charge < -0.3 is 18.9 Å². The first-order valence-electron chi connectivity index (χ1n) is 22.1. The number of amidine groups is 2. The maximum atomic E-state index is 6.82. The van der Waals surface area contributed by atoms with E-state index in [-0.39, 0.29) is 0 Å². The first-order valence-corrected chi connectivity index (χ1v) is 22.1. The van der Waals surface area contributed by atoms with Gasteiger partial charge in [-0.3, -0.25) is 0 Å². The minimum Gasteiger partial charge on any atom is -0.456 e. The number of nitrogens with zero attached hydrogens (tertiary/aromatic N) is 4. The van der Waals surface area contributed by atoms with Gasteiger partial charge in [0.2, 0.25) is 0 Å². The Balaban J connectivity index is 1.07. The van der Waals surface area contributed by atoms with Crippen molar-refractivity contribution in [3.05, 3.63) is 229 Å². The van der Waals surface area contributed by atoms with E-state index in [4.69, 9.17) is 14.4 Å². The van der Waals surface area contributed by atoms with Crippen molar-refractivity contribution in [2.24, 2.45) is 9.98 Å². The summed E-state index contributed by atoms with van der Waals surface area (Å²) in [5.41, 5.74) is 11.1. The molecule has 3 aromatic heterocycles. The summed E-state index contributed by atoms with van der Waals surface area (Å²) in [6, 6.07) is 75.6. The molecule has 304 valence electrons. The Bertz CT molecular complexity index is 4160. The topological polar surface area (TPSA) is 59.8 Å². The lowest BCUT2D eigenvalue weighted by atomic mass is 10.0. The normalized spacial score (nSPS) is 14.3. The first-order chi connectivity index (χ1) is 32.2. The minimum atomic E-state index is -0.629. The molecule has 1 unspecified atom stereocenters. The molecule has 1 aliphatic heterocycles. The number of aliphatic imine (C=N–C) groups is 2. The number of hydrogen-bond acceptors (Lipinski definition) is 4. The van der Waals surface area contributed by atoms with E-state index in [1.165, 1.54) is 26.9 Å². The molecular formula is C59H37N5O. The van der Waals surface area contributed by atoms with E-state index in [1.807, 2.05) is 6.07 Å². The number of nitrogens with one attached hydrogen (secondary N) is 1. The van der Waals surface area contributed by atoms with Gasteiger partial charge in [-0.2, -0.15) is 0 Å². The molecule has 6 nitrogen and oxygen atoms in total. The van der Waals surface area contributed by atoms with Gasteiger partial charge in [-0.1, -0.05) is 152 Å². The predicted octanol–water partition coefficient (Wildman–Crippen LogP) is 14.6. The molecule has 14 rings (SSSR count). The highest BCUT2D eigenvalue weighted by molar-refractivity contribution is 6.25. The standard InChI is InChI=1S/C59H37N5O/c1-2-20-40(21-3-1)63-49-29-11-8-23-42(49)44-26-15-28-47(56(44)63)59-61-57(60-58(62-59)45-27-14-19-36-16-6-7-22-41(36)45)39-34-52(55-46-25-10-13-31-53(46)65-54(55)35-39)64-50-30-12-9-24-43(50)48-32-37-17-4-5-18-38(37)33-51(48)64/h1-35,57H,(H,60,61,62). The van der Waals surface area contributed by atoms with E-state index >= 15 is 0 Å². The van der Waals surface area contributed by atoms with Crippen LogP contribution in [0.5, 0.6) is 0 Å². The molecule has 0 saturated heterocycles. The van der Waals surface area contributed by atoms with E-state index in [1.54, 1.807) is 0 Å². The molecular weight excluding hydrogens is 795 g/mol. The molecule has 13 aromatic rings. The molecule has 1 aliphatic rings. The molecule has 10 aromatic carbocycles. The monoisotopic (exact) mass is 831 g/mol. The lowest BCUT2D eigenvalue weighted by Gasteiger charge is -2.24. The van der Waals surface area contributed by atoms with Gasteiger partial charge in [0.05, 0.1) is 33.1 Å². The van der Waals surface area contributed by atoms with Crippen LogP contribution in [0.4, 0.5) is 0 Å². The summed E-state index contributed by atoms with van der Waals surface area (Å²) in [7, 11) is 0. The van der Waals surface area contributed by atoms with Crippen molar-refractivity contribution in [3.63, 3.8) is 0 Å². The Morgan fingerprint density at radius 1 is 0.400 bits per heavy atom. The molecule has 1 N–H and O–H groups in total. The van der Waals surface area contributed by atoms with E-state index in [0.29, 0.717) is 0 Å². The maximum absolute atomic E-state index is 6.82. The molecule has 0 bridgehead atoms. The maximum Gasteiger partial charge on any atom is 0.169 e. The van der Waals surface area contributed by atoms with Crippen LogP contribution in [0.1, 0.15) is 22.9 Å². The van der Waals surface area contributed by atoms with Crippen LogP contribution < -0.4 is 5.32 Å². The zero-order valence-electron chi connectivity index (χ0n) is 35.0. The average molecular weight is 832 g/mol. The number of rotatable bonds is 5. The molecule has 0 saturated carbocycles. The van der Waals surface area contributed by atoms with Gasteiger partial charge in [0.15, 0.2) is 6.17 Å². The highest BCUT2D eigenvalue weighted by atomic mass is 16.3. The Morgan fingerprint density at radius 3 is 1.80 bits per heavy atom. The summed E-state index contributed by atoms with van der Waals surface area (Å²) < 4.78 is 11.6. The fourth-order valence-corrected chi connectivity index (χ4v) is 10.5. The Morgan fingerprint density at radius 2 is 0.985 bits per heavy atom. The van der Waals surface area contributed by atoms with Gasteiger partial charge in [0.1, 0.15) is 22.8 Å². The predicted molar refractivity (Wildman–Crippen MR) is 269 cm³/mol. The van der Waals surface area contributed by atoms with Crippen LogP contribution in [-0.4, -0.2) is 20.8 Å². The summed E-state index contributed by atoms with van der Waals surface area (Å²) >= 11 is 0. The second-order valence-corrected chi connectivity index (χ2v) is 17.0. The van der Waals surface area contributed by atoms with E-state index < -0.39 is 6.17 Å². The lowest BCUT2D eigenvalue weighted by molar-refractivity contribution is 0.665. The molecule has 0 aliphatic carbocycles. The quantitative estimate of drug-likeness (QED) is 0.188. The zero-order valence-corrected chi connectivity index (χ0v) is 35.0. The fraction of sp³-hybridized carbons (Fsp3) is 0.0169. The van der Waals surface area contributed by atoms with Gasteiger partial charge in [-0.25, -0.2) is 9.98 Å². The third kappa shape index (κ3) is 5.41. The second-order valence-electron chi connectivity index (χ2n) is 17.0. The Labute approximate surface area is 372 Å². The van der Waals surface area contributed by atoms with Crippen molar-refractivity contribution in [3.8, 4) is 11.4 Å². The molecule has 0 radical (unpaired) electrons. The molecule has 4 heterocycles. The van der Waals surface area contributed by atoms with Crippen molar-refractivity contribution >= 4 is 98.8 Å². The number of fused-ring (bicyclic) bond motifs is 11. The third-order valence-electron chi connectivity index (χ3n) is 13.3. The van der Waals surface area contributed by atoms with Crippen LogP contribution in [0.15, 0.2) is 227 Å². The van der Waals surface area contributed by atoms with Crippen molar-refractivity contribution in [1.82, 2.24) is 14.5 Å². The third-order valence-corrected chi connectivity index (χ3v) is 13.3. The van der Waals surface area contributed by atoms with Gasteiger partial charge >= 0.3 is 0 Å². The number of furan rings is 1. The second kappa shape index (κ2) is 13.9. The molecule has 65 heavy (non-hydrogen) atoms. The van der Waals surface area contributed by atoms with Crippen molar-refractivity contribution in [2.75, 3.05) is 0 Å². The van der Waals surface area contributed by atoms with Crippen LogP contribution in [0.2, 0.25) is 0 Å². The summed E-state index contributed by atoms with van der Waals surface area (Å²) in [5, 5.41) is 15.3. The van der Waals surface area contributed by atoms with E-state index in [0.717, 1.165) is 99.9 Å². The van der Waals surface area contributed by atoms with Crippen molar-refractivity contribution < 1.29 is 4.42 Å². The number of aromatic nitrogens is 2. The van der Waals surface area contributed by atoms with Crippen LogP contribution in [0, 0.1) is 0 Å². The van der Waals surface area contributed by atoms with E-state index in [9.17, 15) is 0 Å². The fourth-order valence-electron chi connectivity index (χ4n) is 10.5. The van der Waals surface area contributed by atoms with Gasteiger partial charge in [0.25, 0.3) is 0 Å². The van der Waals surface area contributed by atoms with Crippen molar-refractivity contribution in [1.29, 1.82) is 0 Å². The van der Waals surface area contributed by atoms with Crippen LogP contribution in [-0.2, 0) is 0 Å². The van der Waals surface area contributed by atoms with Crippen LogP contribution >= 0.6 is 0 Å². The number of benzene rings is 10. The minimum absolute atomic E-state index is 0.629. The molecule has 0 amide bonds. The zero-order chi connectivity index (χ0) is 42.6. The largest absolute Gasteiger partial charge is 0.456 e. The number of para-hydroxylation sites is 5. The first kappa shape index (κ1) is 35.8. The van der Waals surface area contributed by atoms with Crippen LogP contribution in [0.25, 0.3) is 98.5 Å². The Kier molecular flexibility index (Phi) is 7.65. The Hall–Kier alpha value is -8.74. The summed E-state index contributed by atoms with van der Waals surface area (Å²) in [5.74, 6) is 1.50. The van der Waals surface area contributed by atoms with Gasteiger partial charge in [-0.05, 0) is 82.2 Å². The SMILES string of the molecule is c1ccc(-n2c3ccccc3c3cccc(C4=NC(c5cc(-n6c7ccccc7c7cc8ccccc8cc76)c6c(c5)oc5ccccc56)N=C(c5cccc6ccccc56)N4)c32)cc1. The van der Waals surface area contributed by atoms with E-state index in [2.05, 4.69) is 221 Å². The highest BCUT2D eigenvalue weighted by Crippen LogP contribution is 2.43. The highest BCUT2D eigenvalue weighted by Gasteiger charge is 2.28. The summed E-state index contributed by atoms with van der Waals surface area (Å²) in [4.78, 5) is 11.2. The smallest absolute Gasteiger partial charge is 0.169 e. The van der Waals surface area contributed by atoms with Crippen LogP contribution in [0.3, 0.4) is 0 Å². The van der Waals surface area contributed by atoms with Gasteiger partial charge in [-0.15, -0.1) is 0 Å². The molecule has 6 heteroatoms. The van der Waals surface area contributed by atoms with Crippen molar-refractivity contribution in [2.45, 2.75) is 6.17 Å². The molecule has 0 spiro atoms. The summed E-state index contributed by atoms with van der Waals surface area (Å²) in [6.45, 7) is 0. The summed E-state index contributed by atoms with van der Waals surface area (Å²) in [6.07, 6.45) is -0.629. The average Bonchev–Trinajstić information content (AvgIpc) is 4.03. The molecule has 0 fully saturated rings. The molecule has 1 atom stereocenters.